The highest BCUT2D eigenvalue weighted by Crippen LogP contribution is 2.24. The predicted molar refractivity (Wildman–Crippen MR) is 85.1 cm³/mol. The van der Waals surface area contributed by atoms with Gasteiger partial charge >= 0.3 is 5.97 Å². The monoisotopic (exact) mass is 318 g/mol. The van der Waals surface area contributed by atoms with E-state index in [9.17, 15) is 9.59 Å². The number of carbonyl (C=O) groups is 2. The standard InChI is InChI=1S/C16H18N2O3S/c1-10-9-17-15(22-10)16(2,3)18-13(19)8-11-5-4-6-12(7-11)14(20)21/h4-7,9H,8H2,1-3H3,(H,18,19)(H,20,21). The summed E-state index contributed by atoms with van der Waals surface area (Å²) in [6.07, 6.45) is 1.92. The van der Waals surface area contributed by atoms with Crippen molar-refractivity contribution in [3.8, 4) is 0 Å². The first-order chi connectivity index (χ1) is 10.3. The van der Waals surface area contributed by atoms with Crippen molar-refractivity contribution in [2.45, 2.75) is 32.7 Å². The lowest BCUT2D eigenvalue weighted by Gasteiger charge is -2.23. The van der Waals surface area contributed by atoms with Crippen LogP contribution >= 0.6 is 11.3 Å². The lowest BCUT2D eigenvalue weighted by Crippen LogP contribution is -2.41. The fourth-order valence-corrected chi connectivity index (χ4v) is 2.91. The zero-order chi connectivity index (χ0) is 16.3. The minimum Gasteiger partial charge on any atom is -0.478 e. The molecule has 0 aliphatic heterocycles. The van der Waals surface area contributed by atoms with Crippen LogP contribution in [0.3, 0.4) is 0 Å². The summed E-state index contributed by atoms with van der Waals surface area (Å²) in [5.74, 6) is -1.17. The third-order valence-corrected chi connectivity index (χ3v) is 4.38. The Morgan fingerprint density at radius 2 is 2.09 bits per heavy atom. The quantitative estimate of drug-likeness (QED) is 0.888. The molecular formula is C16H18N2O3S. The summed E-state index contributed by atoms with van der Waals surface area (Å²) < 4.78 is 0. The maximum absolute atomic E-state index is 12.2. The van der Waals surface area contributed by atoms with Crippen LogP contribution in [0.2, 0.25) is 0 Å². The predicted octanol–water partition coefficient (Wildman–Crippen LogP) is 2.74. The van der Waals surface area contributed by atoms with E-state index in [0.717, 1.165) is 9.88 Å². The first kappa shape index (κ1) is 16.2. The SMILES string of the molecule is Cc1cnc(C(C)(C)NC(=O)Cc2cccc(C(=O)O)c2)s1. The molecule has 6 heteroatoms. The second-order valence-corrected chi connectivity index (χ2v) is 6.87. The van der Waals surface area contributed by atoms with E-state index >= 15 is 0 Å². The zero-order valence-electron chi connectivity index (χ0n) is 12.7. The molecule has 0 aliphatic carbocycles. The second kappa shape index (κ2) is 6.27. The van der Waals surface area contributed by atoms with Crippen molar-refractivity contribution in [1.29, 1.82) is 0 Å². The number of aromatic carboxylic acids is 1. The molecule has 0 fully saturated rings. The Bertz CT molecular complexity index is 707. The van der Waals surface area contributed by atoms with Gasteiger partial charge in [-0.15, -0.1) is 11.3 Å². The minimum absolute atomic E-state index is 0.134. The van der Waals surface area contributed by atoms with E-state index in [-0.39, 0.29) is 17.9 Å². The van der Waals surface area contributed by atoms with E-state index < -0.39 is 11.5 Å². The van der Waals surface area contributed by atoms with Crippen LogP contribution < -0.4 is 5.32 Å². The largest absolute Gasteiger partial charge is 0.478 e. The van der Waals surface area contributed by atoms with Crippen LogP contribution in [0.4, 0.5) is 0 Å². The number of aryl methyl sites for hydroxylation is 1. The van der Waals surface area contributed by atoms with E-state index in [2.05, 4.69) is 10.3 Å². The van der Waals surface area contributed by atoms with E-state index in [0.29, 0.717) is 5.56 Å². The Morgan fingerprint density at radius 3 is 2.68 bits per heavy atom. The molecule has 2 rings (SSSR count). The maximum atomic E-state index is 12.2. The zero-order valence-corrected chi connectivity index (χ0v) is 13.5. The fourth-order valence-electron chi connectivity index (χ4n) is 2.09. The normalized spacial score (nSPS) is 11.2. The average Bonchev–Trinajstić information content (AvgIpc) is 2.85. The number of carboxylic acids is 1. The molecule has 116 valence electrons. The van der Waals surface area contributed by atoms with Crippen LogP contribution in [0.25, 0.3) is 0 Å². The van der Waals surface area contributed by atoms with Crippen LogP contribution in [0, 0.1) is 6.92 Å². The molecular weight excluding hydrogens is 300 g/mol. The number of nitrogens with zero attached hydrogens (tertiary/aromatic N) is 1. The van der Waals surface area contributed by atoms with Crippen LogP contribution in [0.1, 0.15) is 39.7 Å². The lowest BCUT2D eigenvalue weighted by molar-refractivity contribution is -0.122. The van der Waals surface area contributed by atoms with Gasteiger partial charge in [0.1, 0.15) is 5.01 Å². The Kier molecular flexibility index (Phi) is 4.61. The Balaban J connectivity index is 2.06. The van der Waals surface area contributed by atoms with Crippen molar-refractivity contribution < 1.29 is 14.7 Å². The molecule has 0 atom stereocenters. The molecule has 22 heavy (non-hydrogen) atoms. The number of nitrogens with one attached hydrogen (secondary N) is 1. The molecule has 0 unspecified atom stereocenters. The molecule has 1 amide bonds. The Labute approximate surface area is 133 Å². The number of benzene rings is 1. The highest BCUT2D eigenvalue weighted by Gasteiger charge is 2.26. The van der Waals surface area contributed by atoms with E-state index in [1.807, 2.05) is 20.8 Å². The van der Waals surface area contributed by atoms with Gasteiger partial charge in [-0.2, -0.15) is 0 Å². The summed E-state index contributed by atoms with van der Waals surface area (Å²) in [6.45, 7) is 5.77. The van der Waals surface area contributed by atoms with E-state index in [1.165, 1.54) is 12.1 Å². The number of hydrogen-bond donors (Lipinski definition) is 2. The van der Waals surface area contributed by atoms with Gasteiger partial charge in [0, 0.05) is 11.1 Å². The molecule has 0 radical (unpaired) electrons. The Morgan fingerprint density at radius 1 is 1.36 bits per heavy atom. The average molecular weight is 318 g/mol. The van der Waals surface area contributed by atoms with Gasteiger partial charge < -0.3 is 10.4 Å². The summed E-state index contributed by atoms with van der Waals surface area (Å²) in [7, 11) is 0. The molecule has 2 N–H and O–H groups in total. The van der Waals surface area contributed by atoms with Crippen molar-refractivity contribution in [2.75, 3.05) is 0 Å². The summed E-state index contributed by atoms with van der Waals surface area (Å²) in [6, 6.07) is 6.41. The van der Waals surface area contributed by atoms with Crippen molar-refractivity contribution in [3.63, 3.8) is 0 Å². The van der Waals surface area contributed by atoms with Gasteiger partial charge in [-0.25, -0.2) is 9.78 Å². The Hall–Kier alpha value is -2.21. The lowest BCUT2D eigenvalue weighted by atomic mass is 10.0. The molecule has 0 saturated heterocycles. The number of rotatable bonds is 5. The highest BCUT2D eigenvalue weighted by molar-refractivity contribution is 7.11. The minimum atomic E-state index is -0.999. The van der Waals surface area contributed by atoms with Crippen LogP contribution in [0.15, 0.2) is 30.5 Å². The second-order valence-electron chi connectivity index (χ2n) is 5.63. The maximum Gasteiger partial charge on any atom is 0.335 e. The molecule has 1 aromatic heterocycles. The fraction of sp³-hybridized carbons (Fsp3) is 0.312. The number of carboxylic acid groups (broad SMARTS) is 1. The van der Waals surface area contributed by atoms with Gasteiger partial charge in [0.25, 0.3) is 0 Å². The van der Waals surface area contributed by atoms with Gasteiger partial charge in [-0.3, -0.25) is 4.79 Å². The first-order valence-corrected chi connectivity index (χ1v) is 7.66. The van der Waals surface area contributed by atoms with E-state index in [4.69, 9.17) is 5.11 Å². The van der Waals surface area contributed by atoms with Gasteiger partial charge in [-0.1, -0.05) is 12.1 Å². The summed E-state index contributed by atoms with van der Waals surface area (Å²) >= 11 is 1.55. The van der Waals surface area contributed by atoms with Gasteiger partial charge in [0.05, 0.1) is 17.5 Å². The number of hydrogen-bond acceptors (Lipinski definition) is 4. The van der Waals surface area contributed by atoms with Crippen LogP contribution in [0.5, 0.6) is 0 Å². The van der Waals surface area contributed by atoms with Crippen LogP contribution in [-0.2, 0) is 16.8 Å². The summed E-state index contributed by atoms with van der Waals surface area (Å²) in [5, 5.41) is 12.8. The topological polar surface area (TPSA) is 79.3 Å². The van der Waals surface area contributed by atoms with Gasteiger partial charge in [-0.05, 0) is 38.5 Å². The first-order valence-electron chi connectivity index (χ1n) is 6.84. The molecule has 0 bridgehead atoms. The third kappa shape index (κ3) is 3.92. The molecule has 0 spiro atoms. The molecule has 1 aromatic carbocycles. The van der Waals surface area contributed by atoms with Crippen molar-refractivity contribution in [1.82, 2.24) is 10.3 Å². The van der Waals surface area contributed by atoms with Crippen molar-refractivity contribution in [2.24, 2.45) is 0 Å². The number of thiazole rings is 1. The smallest absolute Gasteiger partial charge is 0.335 e. The van der Waals surface area contributed by atoms with Crippen molar-refractivity contribution in [3.05, 3.63) is 51.5 Å². The molecule has 0 saturated carbocycles. The highest BCUT2D eigenvalue weighted by atomic mass is 32.1. The molecule has 0 aliphatic rings. The third-order valence-electron chi connectivity index (χ3n) is 3.15. The van der Waals surface area contributed by atoms with E-state index in [1.54, 1.807) is 29.7 Å². The molecule has 5 nitrogen and oxygen atoms in total. The van der Waals surface area contributed by atoms with Gasteiger partial charge in [0.15, 0.2) is 0 Å². The summed E-state index contributed by atoms with van der Waals surface area (Å²) in [4.78, 5) is 28.6. The van der Waals surface area contributed by atoms with Crippen LogP contribution in [-0.4, -0.2) is 22.0 Å². The van der Waals surface area contributed by atoms with Crippen molar-refractivity contribution >= 4 is 23.2 Å². The summed E-state index contributed by atoms with van der Waals surface area (Å²) in [5.41, 5.74) is 0.295. The molecule has 1 heterocycles. The number of aromatic nitrogens is 1. The molecule has 2 aromatic rings. The number of amides is 1. The number of carbonyl (C=O) groups excluding carboxylic acids is 1. The van der Waals surface area contributed by atoms with Gasteiger partial charge in [0.2, 0.25) is 5.91 Å².